The van der Waals surface area contributed by atoms with Crippen molar-refractivity contribution in [3.8, 4) is 0 Å². The van der Waals surface area contributed by atoms with Crippen LogP contribution in [0.25, 0.3) is 0 Å². The zero-order valence-corrected chi connectivity index (χ0v) is 14.3. The number of amides is 1. The minimum absolute atomic E-state index is 0.0113. The number of nitrogens with zero attached hydrogens (tertiary/aromatic N) is 1. The first-order valence-electron chi connectivity index (χ1n) is 6.54. The summed E-state index contributed by atoms with van der Waals surface area (Å²) in [6.07, 6.45) is 0. The summed E-state index contributed by atoms with van der Waals surface area (Å²) in [5.41, 5.74) is 0.456. The average Bonchev–Trinajstić information content (AvgIpc) is 2.52. The number of thioether (sulfide) groups is 1. The minimum Gasteiger partial charge on any atom is -0.324 e. The van der Waals surface area contributed by atoms with Gasteiger partial charge in [-0.25, -0.2) is 0 Å². The summed E-state index contributed by atoms with van der Waals surface area (Å²) in [5, 5.41) is 13.6. The molecule has 0 bridgehead atoms. The van der Waals surface area contributed by atoms with Crippen molar-refractivity contribution in [2.45, 2.75) is 17.1 Å². The number of carbonyl (C=O) groups excluding carboxylic acids is 1. The Morgan fingerprint density at radius 3 is 2.48 bits per heavy atom. The first-order chi connectivity index (χ1) is 10.9. The maximum atomic E-state index is 12.2. The predicted molar refractivity (Wildman–Crippen MR) is 93.5 cm³/mol. The van der Waals surface area contributed by atoms with Crippen molar-refractivity contribution in [2.75, 3.05) is 5.32 Å². The van der Waals surface area contributed by atoms with Crippen LogP contribution in [0.4, 0.5) is 11.4 Å². The fraction of sp³-hybridized carbons (Fsp3) is 0.133. The molecule has 0 fully saturated rings. The summed E-state index contributed by atoms with van der Waals surface area (Å²) in [6.45, 7) is 1.74. The molecule has 23 heavy (non-hydrogen) atoms. The number of benzene rings is 2. The quantitative estimate of drug-likeness (QED) is 0.455. The smallest absolute Gasteiger partial charge is 0.269 e. The highest BCUT2D eigenvalue weighted by molar-refractivity contribution is 8.00. The molecule has 2 aromatic rings. The largest absolute Gasteiger partial charge is 0.324 e. The maximum Gasteiger partial charge on any atom is 0.269 e. The lowest BCUT2D eigenvalue weighted by molar-refractivity contribution is -0.384. The maximum absolute atomic E-state index is 12.2. The van der Waals surface area contributed by atoms with E-state index in [4.69, 9.17) is 23.2 Å². The molecule has 1 amide bonds. The van der Waals surface area contributed by atoms with E-state index < -0.39 is 10.2 Å². The zero-order valence-electron chi connectivity index (χ0n) is 12.0. The molecule has 0 aliphatic carbocycles. The lowest BCUT2D eigenvalue weighted by Crippen LogP contribution is -2.22. The topological polar surface area (TPSA) is 72.2 Å². The van der Waals surface area contributed by atoms with Gasteiger partial charge in [-0.15, -0.1) is 11.8 Å². The van der Waals surface area contributed by atoms with Crippen LogP contribution in [-0.4, -0.2) is 16.1 Å². The van der Waals surface area contributed by atoms with Crippen LogP contribution in [0, 0.1) is 10.1 Å². The number of nitrogens with one attached hydrogen (secondary N) is 1. The Kier molecular flexibility index (Phi) is 5.87. The second kappa shape index (κ2) is 7.68. The Labute approximate surface area is 147 Å². The van der Waals surface area contributed by atoms with Crippen LogP contribution < -0.4 is 5.32 Å². The molecule has 2 aromatic carbocycles. The van der Waals surface area contributed by atoms with Gasteiger partial charge in [0.15, 0.2) is 0 Å². The number of non-ortho nitro benzene ring substituents is 1. The first-order valence-corrected chi connectivity index (χ1v) is 8.18. The van der Waals surface area contributed by atoms with Crippen molar-refractivity contribution in [3.63, 3.8) is 0 Å². The first kappa shape index (κ1) is 17.6. The van der Waals surface area contributed by atoms with Gasteiger partial charge < -0.3 is 5.32 Å². The van der Waals surface area contributed by atoms with Gasteiger partial charge in [-0.05, 0) is 31.2 Å². The van der Waals surface area contributed by atoms with Gasteiger partial charge in [-0.2, -0.15) is 0 Å². The molecule has 0 spiro atoms. The molecule has 0 aliphatic rings. The molecule has 0 heterocycles. The lowest BCUT2D eigenvalue weighted by atomic mass is 10.3. The molecule has 1 N–H and O–H groups in total. The number of hydrogen-bond donors (Lipinski definition) is 1. The molecule has 1 unspecified atom stereocenters. The monoisotopic (exact) mass is 370 g/mol. The van der Waals surface area contributed by atoms with E-state index >= 15 is 0 Å². The number of nitro benzene ring substituents is 1. The third-order valence-corrected chi connectivity index (χ3v) is 4.87. The highest BCUT2D eigenvalue weighted by Crippen LogP contribution is 2.31. The third-order valence-electron chi connectivity index (χ3n) is 2.94. The second-order valence-electron chi connectivity index (χ2n) is 4.60. The summed E-state index contributed by atoms with van der Waals surface area (Å²) in [4.78, 5) is 23.1. The van der Waals surface area contributed by atoms with Gasteiger partial charge in [-0.3, -0.25) is 14.9 Å². The van der Waals surface area contributed by atoms with E-state index in [1.165, 1.54) is 23.9 Å². The fourth-order valence-electron chi connectivity index (χ4n) is 1.74. The number of nitro groups is 1. The molecule has 0 saturated carbocycles. The van der Waals surface area contributed by atoms with Crippen LogP contribution in [0.2, 0.25) is 10.0 Å². The molecule has 1 atom stereocenters. The third kappa shape index (κ3) is 4.60. The van der Waals surface area contributed by atoms with E-state index in [1.807, 2.05) is 0 Å². The van der Waals surface area contributed by atoms with Crippen molar-refractivity contribution < 1.29 is 9.72 Å². The highest BCUT2D eigenvalue weighted by Gasteiger charge is 2.17. The Hall–Kier alpha value is -1.76. The molecule has 0 aliphatic heterocycles. The molecular formula is C15H12Cl2N2O3S. The van der Waals surface area contributed by atoms with E-state index in [2.05, 4.69) is 5.32 Å². The van der Waals surface area contributed by atoms with Crippen LogP contribution in [0.5, 0.6) is 0 Å². The number of halogens is 2. The molecule has 0 saturated heterocycles. The Bertz CT molecular complexity index is 738. The number of rotatable bonds is 5. The van der Waals surface area contributed by atoms with Gasteiger partial charge in [0.2, 0.25) is 5.91 Å². The zero-order chi connectivity index (χ0) is 17.0. The second-order valence-corrected chi connectivity index (χ2v) is 6.80. The van der Waals surface area contributed by atoms with E-state index in [1.54, 1.807) is 37.3 Å². The van der Waals surface area contributed by atoms with Crippen LogP contribution in [0.3, 0.4) is 0 Å². The molecule has 120 valence electrons. The summed E-state index contributed by atoms with van der Waals surface area (Å²) in [7, 11) is 0. The number of carbonyl (C=O) groups is 1. The summed E-state index contributed by atoms with van der Waals surface area (Å²) < 4.78 is 0. The fourth-order valence-corrected chi connectivity index (χ4v) is 2.95. The van der Waals surface area contributed by atoms with Gasteiger partial charge in [0.25, 0.3) is 5.69 Å². The van der Waals surface area contributed by atoms with Crippen LogP contribution in [-0.2, 0) is 4.79 Å². The average molecular weight is 371 g/mol. The molecule has 5 nitrogen and oxygen atoms in total. The van der Waals surface area contributed by atoms with Crippen molar-refractivity contribution >= 4 is 52.2 Å². The van der Waals surface area contributed by atoms with Gasteiger partial charge in [-0.1, -0.05) is 29.3 Å². The minimum atomic E-state index is -0.467. The van der Waals surface area contributed by atoms with E-state index in [0.29, 0.717) is 10.7 Å². The van der Waals surface area contributed by atoms with Gasteiger partial charge in [0, 0.05) is 17.0 Å². The number of anilines is 1. The van der Waals surface area contributed by atoms with Crippen molar-refractivity contribution in [1.82, 2.24) is 0 Å². The van der Waals surface area contributed by atoms with Crippen LogP contribution >= 0.6 is 35.0 Å². The standard InChI is InChI=1S/C15H12Cl2N2O3S/c1-9(23-11-7-5-10(6-8-11)19(21)22)15(20)18-13-4-2-3-12(16)14(13)17/h2-9H,1H3,(H,18,20). The van der Waals surface area contributed by atoms with Crippen molar-refractivity contribution in [3.05, 3.63) is 62.6 Å². The molecular weight excluding hydrogens is 359 g/mol. The Balaban J connectivity index is 2.02. The molecule has 0 aromatic heterocycles. The normalized spacial score (nSPS) is 11.8. The lowest BCUT2D eigenvalue weighted by Gasteiger charge is -2.13. The van der Waals surface area contributed by atoms with Gasteiger partial charge >= 0.3 is 0 Å². The highest BCUT2D eigenvalue weighted by atomic mass is 35.5. The predicted octanol–water partition coefficient (Wildman–Crippen LogP) is 5.02. The molecule has 0 radical (unpaired) electrons. The Morgan fingerprint density at radius 1 is 1.22 bits per heavy atom. The SMILES string of the molecule is CC(Sc1ccc([N+](=O)[O-])cc1)C(=O)Nc1cccc(Cl)c1Cl. The van der Waals surface area contributed by atoms with Crippen molar-refractivity contribution in [1.29, 1.82) is 0 Å². The van der Waals surface area contributed by atoms with Gasteiger partial charge in [0.1, 0.15) is 0 Å². The van der Waals surface area contributed by atoms with Crippen molar-refractivity contribution in [2.24, 2.45) is 0 Å². The van der Waals surface area contributed by atoms with E-state index in [9.17, 15) is 14.9 Å². The van der Waals surface area contributed by atoms with Crippen LogP contribution in [0.15, 0.2) is 47.4 Å². The van der Waals surface area contributed by atoms with E-state index in [-0.39, 0.29) is 16.6 Å². The summed E-state index contributed by atoms with van der Waals surface area (Å²) in [6, 6.07) is 11.0. The summed E-state index contributed by atoms with van der Waals surface area (Å²) in [5.74, 6) is -0.238. The molecule has 2 rings (SSSR count). The Morgan fingerprint density at radius 2 is 1.87 bits per heavy atom. The van der Waals surface area contributed by atoms with Gasteiger partial charge in [0.05, 0.1) is 25.9 Å². The molecule has 8 heteroatoms. The summed E-state index contributed by atoms with van der Waals surface area (Å²) >= 11 is 13.2. The van der Waals surface area contributed by atoms with E-state index in [0.717, 1.165) is 4.90 Å². The number of hydrogen-bond acceptors (Lipinski definition) is 4. The van der Waals surface area contributed by atoms with Crippen LogP contribution in [0.1, 0.15) is 6.92 Å².